The number of benzene rings is 15. The molecule has 102 heavy (non-hydrogen) atoms. The number of hydrogen-bond acceptors (Lipinski definition) is 3. The molecule has 7 heterocycles. The Labute approximate surface area is 583 Å². The number of fused-ring (bicyclic) bond motifs is 18. The number of aromatic nitrogens is 9. The molecule has 0 unspecified atom stereocenters. The minimum absolute atomic E-state index is 0.553. The molecule has 0 atom stereocenters. The lowest BCUT2D eigenvalue weighted by atomic mass is 10.1. The van der Waals surface area contributed by atoms with Crippen LogP contribution in [0.15, 0.2) is 346 Å². The molecule has 0 amide bonds. The third-order valence-corrected chi connectivity index (χ3v) is 21.2. The van der Waals surface area contributed by atoms with E-state index in [0.29, 0.717) is 17.5 Å². The van der Waals surface area contributed by atoms with E-state index in [4.69, 9.17) is 15.0 Å². The SMILES string of the molecule is c1ccc(-c2nc(-c3ccccc3)nc(-c3cc(-n4c5ccc(-n6c7ccccc7c7ccccc76)cc5c5cc(-n6c7ccccc7c7ccccc76)ccc54)cc(-n4c5ccc(-n6c7ccccc7c7ccccc76)cc5c5cc(-n6c7ccccc7c7ccccc76)ccc54)c3)n2)cc1. The second kappa shape index (κ2) is 21.8. The highest BCUT2D eigenvalue weighted by Gasteiger charge is 2.25. The normalized spacial score (nSPS) is 12.1. The Morgan fingerprint density at radius 3 is 0.578 bits per heavy atom. The molecule has 7 aromatic heterocycles. The third-order valence-electron chi connectivity index (χ3n) is 21.2. The molecular formula is C93H57N9. The van der Waals surface area contributed by atoms with Crippen molar-refractivity contribution in [1.29, 1.82) is 0 Å². The van der Waals surface area contributed by atoms with Crippen molar-refractivity contribution in [3.63, 3.8) is 0 Å². The quantitative estimate of drug-likeness (QED) is 0.145. The zero-order valence-electron chi connectivity index (χ0n) is 54.9. The average molecular weight is 1300 g/mol. The number of nitrogens with zero attached hydrogens (tertiary/aromatic N) is 9. The predicted molar refractivity (Wildman–Crippen MR) is 422 cm³/mol. The van der Waals surface area contributed by atoms with Crippen molar-refractivity contribution in [2.75, 3.05) is 0 Å². The molecule has 0 saturated heterocycles. The van der Waals surface area contributed by atoms with Crippen molar-refractivity contribution in [2.45, 2.75) is 0 Å². The molecule has 0 spiro atoms. The topological polar surface area (TPSA) is 68.2 Å². The smallest absolute Gasteiger partial charge is 0.164 e. The molecule has 0 aliphatic rings. The van der Waals surface area contributed by atoms with Crippen molar-refractivity contribution >= 4 is 131 Å². The van der Waals surface area contributed by atoms with E-state index < -0.39 is 0 Å². The lowest BCUT2D eigenvalue weighted by molar-refractivity contribution is 1.07. The summed E-state index contributed by atoms with van der Waals surface area (Å²) < 4.78 is 14.7. The van der Waals surface area contributed by atoms with Crippen LogP contribution in [-0.4, -0.2) is 42.4 Å². The fourth-order valence-corrected chi connectivity index (χ4v) is 16.8. The van der Waals surface area contributed by atoms with Crippen molar-refractivity contribution in [2.24, 2.45) is 0 Å². The van der Waals surface area contributed by atoms with Crippen LogP contribution in [0.3, 0.4) is 0 Å². The number of para-hydroxylation sites is 8. The Kier molecular flexibility index (Phi) is 12.0. The summed E-state index contributed by atoms with van der Waals surface area (Å²) in [4.78, 5) is 16.2. The summed E-state index contributed by atoms with van der Waals surface area (Å²) in [7, 11) is 0. The number of rotatable bonds is 9. The van der Waals surface area contributed by atoms with Crippen molar-refractivity contribution in [3.8, 4) is 68.3 Å². The molecule has 9 heteroatoms. The van der Waals surface area contributed by atoms with E-state index in [9.17, 15) is 0 Å². The second-order valence-corrected chi connectivity index (χ2v) is 26.7. The Balaban J connectivity index is 0.850. The maximum atomic E-state index is 5.50. The highest BCUT2D eigenvalue weighted by Crippen LogP contribution is 2.45. The first kappa shape index (κ1) is 56.2. The van der Waals surface area contributed by atoms with E-state index in [2.05, 4.69) is 337 Å². The first-order valence-corrected chi connectivity index (χ1v) is 34.7. The zero-order chi connectivity index (χ0) is 66.7. The van der Waals surface area contributed by atoms with E-state index in [0.717, 1.165) is 139 Å². The van der Waals surface area contributed by atoms with Crippen LogP contribution in [0.1, 0.15) is 0 Å². The zero-order valence-corrected chi connectivity index (χ0v) is 54.9. The van der Waals surface area contributed by atoms with Crippen LogP contribution >= 0.6 is 0 Å². The van der Waals surface area contributed by atoms with Gasteiger partial charge in [0.15, 0.2) is 17.5 Å². The minimum atomic E-state index is 0.553. The molecule has 0 aliphatic carbocycles. The fraction of sp³-hybridized carbons (Fsp3) is 0. The van der Waals surface area contributed by atoms with Gasteiger partial charge in [-0.2, -0.15) is 0 Å². The van der Waals surface area contributed by atoms with E-state index in [1.807, 2.05) is 36.4 Å². The van der Waals surface area contributed by atoms with E-state index in [1.54, 1.807) is 0 Å². The first-order valence-electron chi connectivity index (χ1n) is 34.7. The van der Waals surface area contributed by atoms with E-state index in [1.165, 1.54) is 43.1 Å². The summed E-state index contributed by atoms with van der Waals surface area (Å²) in [5.41, 5.74) is 22.3. The summed E-state index contributed by atoms with van der Waals surface area (Å²) in [5.74, 6) is 1.73. The molecule has 22 rings (SSSR count). The average Bonchev–Trinajstić information content (AvgIpc) is 1.56. The summed E-state index contributed by atoms with van der Waals surface area (Å²) in [6.45, 7) is 0. The molecule has 0 fully saturated rings. The predicted octanol–water partition coefficient (Wildman–Crippen LogP) is 23.5. The Bertz CT molecular complexity index is 6280. The largest absolute Gasteiger partial charge is 0.309 e. The van der Waals surface area contributed by atoms with Gasteiger partial charge in [0.1, 0.15) is 0 Å². The van der Waals surface area contributed by atoms with Crippen LogP contribution in [0.5, 0.6) is 0 Å². The van der Waals surface area contributed by atoms with Gasteiger partial charge in [0.05, 0.1) is 66.2 Å². The molecule has 0 aliphatic heterocycles. The van der Waals surface area contributed by atoms with Gasteiger partial charge in [0.2, 0.25) is 0 Å². The van der Waals surface area contributed by atoms with Crippen LogP contribution in [0.25, 0.3) is 199 Å². The first-order chi connectivity index (χ1) is 50.6. The summed E-state index contributed by atoms with van der Waals surface area (Å²) in [5, 5.41) is 14.2. The van der Waals surface area contributed by atoms with Gasteiger partial charge in [0.25, 0.3) is 0 Å². The Hall–Kier alpha value is -13.9. The van der Waals surface area contributed by atoms with Gasteiger partial charge in [-0.05, 0) is 140 Å². The Morgan fingerprint density at radius 1 is 0.137 bits per heavy atom. The molecule has 0 bridgehead atoms. The van der Waals surface area contributed by atoms with Crippen LogP contribution in [0, 0.1) is 0 Å². The summed E-state index contributed by atoms with van der Waals surface area (Å²) in [6.07, 6.45) is 0. The van der Waals surface area contributed by atoms with Gasteiger partial charge in [-0.3, -0.25) is 0 Å². The lowest BCUT2D eigenvalue weighted by Gasteiger charge is -2.17. The van der Waals surface area contributed by atoms with Crippen LogP contribution < -0.4 is 0 Å². The van der Waals surface area contributed by atoms with Gasteiger partial charge < -0.3 is 27.4 Å². The second-order valence-electron chi connectivity index (χ2n) is 26.7. The molecule has 474 valence electrons. The van der Waals surface area contributed by atoms with Crippen molar-refractivity contribution in [1.82, 2.24) is 42.4 Å². The Morgan fingerprint density at radius 2 is 0.333 bits per heavy atom. The van der Waals surface area contributed by atoms with Gasteiger partial charge in [0, 0.05) is 115 Å². The highest BCUT2D eigenvalue weighted by atomic mass is 15.1. The maximum absolute atomic E-state index is 5.50. The van der Waals surface area contributed by atoms with Gasteiger partial charge in [-0.25, -0.2) is 15.0 Å². The van der Waals surface area contributed by atoms with Crippen LogP contribution in [0.4, 0.5) is 0 Å². The molecule has 0 radical (unpaired) electrons. The van der Waals surface area contributed by atoms with Gasteiger partial charge in [-0.15, -0.1) is 0 Å². The monoisotopic (exact) mass is 1300 g/mol. The lowest BCUT2D eigenvalue weighted by Crippen LogP contribution is -2.04. The molecular weight excluding hydrogens is 1240 g/mol. The summed E-state index contributed by atoms with van der Waals surface area (Å²) in [6, 6.07) is 126. The van der Waals surface area contributed by atoms with Crippen molar-refractivity contribution in [3.05, 3.63) is 346 Å². The van der Waals surface area contributed by atoms with E-state index in [-0.39, 0.29) is 0 Å². The van der Waals surface area contributed by atoms with E-state index >= 15 is 0 Å². The molecule has 9 nitrogen and oxygen atoms in total. The highest BCUT2D eigenvalue weighted by molar-refractivity contribution is 6.17. The molecule has 22 aromatic rings. The summed E-state index contributed by atoms with van der Waals surface area (Å²) >= 11 is 0. The standard InChI is InChI=1S/C93H57N9/c1-3-23-58(24-4-1)91-94-92(59-25-5-2-6-26-59)96-93(95-91)60-51-65(101-87-47-43-61(97-79-35-15-7-27-67(79)68-28-8-16-36-80(68)97)54-75(87)76-55-62(44-48-88(76)101)98-81-37-17-9-29-69(81)70-30-10-18-38-82(70)98)53-66(52-60)102-89-49-45-63(99-83-39-19-11-31-71(83)72-32-12-20-40-84(72)99)56-77(89)78-57-64(46-50-90(78)102)100-85-41-21-13-33-73(85)74-34-14-22-42-86(74)100/h1-57H. The fourth-order valence-electron chi connectivity index (χ4n) is 16.8. The minimum Gasteiger partial charge on any atom is -0.309 e. The number of hydrogen-bond donors (Lipinski definition) is 0. The molecule has 0 N–H and O–H groups in total. The maximum Gasteiger partial charge on any atom is 0.164 e. The van der Waals surface area contributed by atoms with Crippen molar-refractivity contribution < 1.29 is 0 Å². The third kappa shape index (κ3) is 8.30. The molecule has 0 saturated carbocycles. The van der Waals surface area contributed by atoms with Crippen LogP contribution in [0.2, 0.25) is 0 Å². The molecule has 15 aromatic carbocycles. The van der Waals surface area contributed by atoms with Gasteiger partial charge in [-0.1, -0.05) is 206 Å². The van der Waals surface area contributed by atoms with Gasteiger partial charge >= 0.3 is 0 Å². The van der Waals surface area contributed by atoms with Crippen LogP contribution in [-0.2, 0) is 0 Å².